The second-order valence-corrected chi connectivity index (χ2v) is 6.74. The van der Waals surface area contributed by atoms with E-state index >= 15 is 0 Å². The second-order valence-electron chi connectivity index (χ2n) is 6.74. The number of carbonyl (C=O) groups excluding carboxylic acids is 3. The Hall–Kier alpha value is -2.65. The number of morpholine rings is 1. The molecule has 1 aromatic carbocycles. The minimum Gasteiger partial charge on any atom is -0.497 e. The summed E-state index contributed by atoms with van der Waals surface area (Å²) in [7, 11) is 1.54. The summed E-state index contributed by atoms with van der Waals surface area (Å²) >= 11 is 0. The molecule has 152 valence electrons. The third-order valence-corrected chi connectivity index (χ3v) is 4.82. The first kappa shape index (κ1) is 20.1. The van der Waals surface area contributed by atoms with Crippen LogP contribution in [0.4, 0.5) is 10.5 Å². The van der Waals surface area contributed by atoms with E-state index in [0.29, 0.717) is 18.0 Å². The number of anilines is 1. The molecule has 9 heteroatoms. The number of rotatable bonds is 8. The summed E-state index contributed by atoms with van der Waals surface area (Å²) in [6.45, 7) is 4.76. The first-order valence-electron chi connectivity index (χ1n) is 9.44. The van der Waals surface area contributed by atoms with Crippen molar-refractivity contribution in [3.8, 4) is 5.75 Å². The van der Waals surface area contributed by atoms with Crippen LogP contribution < -0.4 is 20.3 Å². The van der Waals surface area contributed by atoms with Gasteiger partial charge in [0.2, 0.25) is 5.91 Å². The smallest absolute Gasteiger partial charge is 0.329 e. The minimum absolute atomic E-state index is 0.0746. The molecule has 2 N–H and O–H groups in total. The molecule has 28 heavy (non-hydrogen) atoms. The number of amides is 4. The van der Waals surface area contributed by atoms with E-state index in [4.69, 9.17) is 9.47 Å². The average molecular weight is 390 g/mol. The maximum Gasteiger partial charge on any atom is 0.329 e. The van der Waals surface area contributed by atoms with Crippen molar-refractivity contribution >= 4 is 23.5 Å². The predicted molar refractivity (Wildman–Crippen MR) is 102 cm³/mol. The quantitative estimate of drug-likeness (QED) is 0.491. The molecule has 2 fully saturated rings. The van der Waals surface area contributed by atoms with Crippen molar-refractivity contribution in [2.45, 2.75) is 18.9 Å². The summed E-state index contributed by atoms with van der Waals surface area (Å²) in [5, 5.41) is 5.40. The normalized spacial score (nSPS) is 20.2. The highest BCUT2D eigenvalue weighted by molar-refractivity contribution is 6.22. The Labute approximate surface area is 163 Å². The van der Waals surface area contributed by atoms with Crippen LogP contribution in [0.1, 0.15) is 12.8 Å². The summed E-state index contributed by atoms with van der Waals surface area (Å²) in [5.41, 5.74) is 0.441. The van der Waals surface area contributed by atoms with Gasteiger partial charge in [0.1, 0.15) is 11.8 Å². The number of ether oxygens (including phenoxy) is 2. The third-order valence-electron chi connectivity index (χ3n) is 4.82. The van der Waals surface area contributed by atoms with E-state index in [-0.39, 0.29) is 12.3 Å². The van der Waals surface area contributed by atoms with E-state index in [9.17, 15) is 14.4 Å². The zero-order chi connectivity index (χ0) is 19.9. The topological polar surface area (TPSA) is 100 Å². The predicted octanol–water partition coefficient (Wildman–Crippen LogP) is 0.349. The highest BCUT2D eigenvalue weighted by atomic mass is 16.5. The summed E-state index contributed by atoms with van der Waals surface area (Å²) in [6, 6.07) is 5.22. The van der Waals surface area contributed by atoms with Crippen LogP contribution in [0.15, 0.2) is 24.3 Å². The van der Waals surface area contributed by atoms with Gasteiger partial charge in [-0.15, -0.1) is 0 Å². The Morgan fingerprint density at radius 2 is 1.96 bits per heavy atom. The fourth-order valence-electron chi connectivity index (χ4n) is 3.26. The molecule has 1 unspecified atom stereocenters. The van der Waals surface area contributed by atoms with E-state index in [0.717, 1.165) is 44.2 Å². The van der Waals surface area contributed by atoms with E-state index in [1.165, 1.54) is 7.11 Å². The van der Waals surface area contributed by atoms with Crippen molar-refractivity contribution in [3.05, 3.63) is 24.3 Å². The maximum atomic E-state index is 12.6. The molecule has 0 spiro atoms. The average Bonchev–Trinajstić information content (AvgIpc) is 2.99. The lowest BCUT2D eigenvalue weighted by atomic mass is 10.2. The Balaban J connectivity index is 1.44. The van der Waals surface area contributed by atoms with Crippen molar-refractivity contribution in [1.82, 2.24) is 15.5 Å². The molecule has 2 aliphatic heterocycles. The number of nitrogens with zero attached hydrogens (tertiary/aromatic N) is 2. The lowest BCUT2D eigenvalue weighted by Gasteiger charge is -2.26. The van der Waals surface area contributed by atoms with E-state index < -0.39 is 18.0 Å². The van der Waals surface area contributed by atoms with Crippen LogP contribution in [0.5, 0.6) is 5.75 Å². The molecule has 2 saturated heterocycles. The van der Waals surface area contributed by atoms with Crippen molar-refractivity contribution in [2.24, 2.45) is 0 Å². The molecule has 4 amide bonds. The van der Waals surface area contributed by atoms with Crippen molar-refractivity contribution in [2.75, 3.05) is 51.4 Å². The lowest BCUT2D eigenvalue weighted by Crippen LogP contribution is -2.39. The van der Waals surface area contributed by atoms with Gasteiger partial charge in [-0.3, -0.25) is 14.5 Å². The maximum absolute atomic E-state index is 12.6. The van der Waals surface area contributed by atoms with Crippen molar-refractivity contribution in [3.63, 3.8) is 0 Å². The van der Waals surface area contributed by atoms with E-state index in [1.807, 2.05) is 0 Å². The molecule has 0 aliphatic carbocycles. The van der Waals surface area contributed by atoms with Gasteiger partial charge < -0.3 is 20.1 Å². The van der Waals surface area contributed by atoms with Crippen LogP contribution in [0.25, 0.3) is 0 Å². The SMILES string of the molecule is COc1ccc(N2C(=O)NC(CC(=O)NCCCN3CCOCC3)C2=O)cc1. The number of hydrogen-bond acceptors (Lipinski definition) is 6. The first-order valence-corrected chi connectivity index (χ1v) is 9.44. The fourth-order valence-corrected chi connectivity index (χ4v) is 3.26. The molecular weight excluding hydrogens is 364 g/mol. The molecular formula is C19H26N4O5. The number of imide groups is 1. The molecule has 1 aromatic rings. The van der Waals surface area contributed by atoms with Gasteiger partial charge in [-0.2, -0.15) is 0 Å². The van der Waals surface area contributed by atoms with Gasteiger partial charge in [-0.1, -0.05) is 0 Å². The van der Waals surface area contributed by atoms with Gasteiger partial charge in [0, 0.05) is 19.6 Å². The zero-order valence-corrected chi connectivity index (χ0v) is 16.0. The van der Waals surface area contributed by atoms with Gasteiger partial charge in [0.25, 0.3) is 5.91 Å². The van der Waals surface area contributed by atoms with E-state index in [2.05, 4.69) is 15.5 Å². The van der Waals surface area contributed by atoms with Gasteiger partial charge in [-0.25, -0.2) is 9.69 Å². The highest BCUT2D eigenvalue weighted by Gasteiger charge is 2.39. The minimum atomic E-state index is -0.853. The molecule has 0 saturated carbocycles. The van der Waals surface area contributed by atoms with Crippen LogP contribution >= 0.6 is 0 Å². The van der Waals surface area contributed by atoms with Crippen molar-refractivity contribution < 1.29 is 23.9 Å². The summed E-state index contributed by atoms with van der Waals surface area (Å²) in [5.74, 6) is -0.0559. The number of hydrogen-bond donors (Lipinski definition) is 2. The number of nitrogens with one attached hydrogen (secondary N) is 2. The third kappa shape index (κ3) is 4.99. The van der Waals surface area contributed by atoms with Gasteiger partial charge in [-0.05, 0) is 37.2 Å². The number of carbonyl (C=O) groups is 3. The van der Waals surface area contributed by atoms with Crippen LogP contribution in [0.2, 0.25) is 0 Å². The molecule has 2 heterocycles. The molecule has 9 nitrogen and oxygen atoms in total. The summed E-state index contributed by atoms with van der Waals surface area (Å²) < 4.78 is 10.4. The molecule has 0 radical (unpaired) electrons. The first-order chi connectivity index (χ1) is 13.6. The molecule has 0 bridgehead atoms. The summed E-state index contributed by atoms with van der Waals surface area (Å²) in [4.78, 5) is 40.2. The Morgan fingerprint density at radius 3 is 2.64 bits per heavy atom. The van der Waals surface area contributed by atoms with Gasteiger partial charge >= 0.3 is 6.03 Å². The largest absolute Gasteiger partial charge is 0.497 e. The summed E-state index contributed by atoms with van der Waals surface area (Å²) in [6.07, 6.45) is 0.753. The highest BCUT2D eigenvalue weighted by Crippen LogP contribution is 2.23. The fraction of sp³-hybridized carbons (Fsp3) is 0.526. The van der Waals surface area contributed by atoms with E-state index in [1.54, 1.807) is 24.3 Å². The second kappa shape index (κ2) is 9.52. The molecule has 0 aromatic heterocycles. The lowest BCUT2D eigenvalue weighted by molar-refractivity contribution is -0.125. The van der Waals surface area contributed by atoms with Gasteiger partial charge in [0.15, 0.2) is 0 Å². The molecule has 3 rings (SSSR count). The Morgan fingerprint density at radius 1 is 1.25 bits per heavy atom. The molecule has 1 atom stereocenters. The van der Waals surface area contributed by atoms with Crippen LogP contribution in [0, 0.1) is 0 Å². The molecule has 2 aliphatic rings. The number of benzene rings is 1. The van der Waals surface area contributed by atoms with Crippen LogP contribution in [-0.4, -0.2) is 75.3 Å². The standard InChI is InChI=1S/C19H26N4O5/c1-27-15-5-3-14(4-6-15)23-18(25)16(21-19(23)26)13-17(24)20-7-2-8-22-9-11-28-12-10-22/h3-6,16H,2,7-13H2,1H3,(H,20,24)(H,21,26). The Bertz CT molecular complexity index is 703. The zero-order valence-electron chi connectivity index (χ0n) is 16.0. The van der Waals surface area contributed by atoms with Gasteiger partial charge in [0.05, 0.1) is 32.4 Å². The number of urea groups is 1. The van der Waals surface area contributed by atoms with Crippen LogP contribution in [0.3, 0.4) is 0 Å². The monoisotopic (exact) mass is 390 g/mol. The number of methoxy groups -OCH3 is 1. The van der Waals surface area contributed by atoms with Crippen LogP contribution in [-0.2, 0) is 14.3 Å². The Kier molecular flexibility index (Phi) is 6.83. The van der Waals surface area contributed by atoms with Crippen molar-refractivity contribution in [1.29, 1.82) is 0 Å².